The summed E-state index contributed by atoms with van der Waals surface area (Å²) in [5, 5.41) is 0. The average Bonchev–Trinajstić information content (AvgIpc) is 2.47. The standard InChI is InChI=1S/C11H23N5O3S/c1-13-2-6-15(7-3-13)20(18,19)16-8-4-14(5-9-16)11(17)10-12/h2-10,12H2,1H3. The van der Waals surface area contributed by atoms with Gasteiger partial charge in [-0.1, -0.05) is 0 Å². The predicted molar refractivity (Wildman–Crippen MR) is 75.2 cm³/mol. The Morgan fingerprint density at radius 1 is 0.950 bits per heavy atom. The number of nitrogens with two attached hydrogens (primary N) is 1. The zero-order chi connectivity index (χ0) is 14.8. The summed E-state index contributed by atoms with van der Waals surface area (Å²) in [7, 11) is -1.41. The van der Waals surface area contributed by atoms with E-state index in [-0.39, 0.29) is 12.5 Å². The van der Waals surface area contributed by atoms with Crippen molar-refractivity contribution in [3.8, 4) is 0 Å². The molecule has 1 amide bonds. The number of hydrogen-bond donors (Lipinski definition) is 1. The van der Waals surface area contributed by atoms with Crippen molar-refractivity contribution in [2.24, 2.45) is 5.73 Å². The zero-order valence-corrected chi connectivity index (χ0v) is 12.7. The molecule has 0 spiro atoms. The van der Waals surface area contributed by atoms with E-state index in [1.807, 2.05) is 7.05 Å². The maximum atomic E-state index is 12.5. The lowest BCUT2D eigenvalue weighted by Gasteiger charge is -2.39. The van der Waals surface area contributed by atoms with Crippen molar-refractivity contribution in [3.63, 3.8) is 0 Å². The van der Waals surface area contributed by atoms with Crippen LogP contribution in [0.2, 0.25) is 0 Å². The maximum Gasteiger partial charge on any atom is 0.282 e. The van der Waals surface area contributed by atoms with Crippen molar-refractivity contribution in [1.29, 1.82) is 0 Å². The Labute approximate surface area is 120 Å². The van der Waals surface area contributed by atoms with Gasteiger partial charge in [0, 0.05) is 52.4 Å². The molecule has 2 fully saturated rings. The van der Waals surface area contributed by atoms with Crippen LogP contribution in [0.15, 0.2) is 0 Å². The van der Waals surface area contributed by atoms with Gasteiger partial charge in [0.2, 0.25) is 5.91 Å². The molecule has 0 aromatic rings. The van der Waals surface area contributed by atoms with Crippen LogP contribution in [0.3, 0.4) is 0 Å². The third-order valence-corrected chi connectivity index (χ3v) is 5.92. The Morgan fingerprint density at radius 2 is 1.40 bits per heavy atom. The summed E-state index contributed by atoms with van der Waals surface area (Å²) in [6, 6.07) is 0. The summed E-state index contributed by atoms with van der Waals surface area (Å²) in [5.74, 6) is -0.123. The molecular weight excluding hydrogens is 282 g/mol. The van der Waals surface area contributed by atoms with Crippen molar-refractivity contribution >= 4 is 16.1 Å². The topological polar surface area (TPSA) is 90.2 Å². The minimum Gasteiger partial charge on any atom is -0.339 e. The highest BCUT2D eigenvalue weighted by molar-refractivity contribution is 7.86. The molecule has 2 rings (SSSR count). The van der Waals surface area contributed by atoms with Gasteiger partial charge in [-0.05, 0) is 7.05 Å². The fourth-order valence-corrected chi connectivity index (χ4v) is 4.06. The minimum atomic E-state index is -3.39. The molecule has 0 aliphatic carbocycles. The number of piperazine rings is 2. The first-order valence-electron chi connectivity index (χ1n) is 6.87. The quantitative estimate of drug-likeness (QED) is 0.627. The van der Waals surface area contributed by atoms with Gasteiger partial charge in [-0.15, -0.1) is 0 Å². The molecule has 0 aromatic carbocycles. The van der Waals surface area contributed by atoms with Gasteiger partial charge < -0.3 is 15.5 Å². The predicted octanol–water partition coefficient (Wildman–Crippen LogP) is -2.42. The highest BCUT2D eigenvalue weighted by atomic mass is 32.2. The first-order chi connectivity index (χ1) is 9.45. The number of likely N-dealkylation sites (N-methyl/N-ethyl adjacent to an activating group) is 1. The van der Waals surface area contributed by atoms with Crippen LogP contribution in [0.25, 0.3) is 0 Å². The number of nitrogens with zero attached hydrogens (tertiary/aromatic N) is 4. The summed E-state index contributed by atoms with van der Waals surface area (Å²) >= 11 is 0. The molecule has 0 saturated carbocycles. The van der Waals surface area contributed by atoms with Crippen molar-refractivity contribution in [2.45, 2.75) is 0 Å². The van der Waals surface area contributed by atoms with E-state index in [1.165, 1.54) is 8.61 Å². The highest BCUT2D eigenvalue weighted by Gasteiger charge is 2.34. The Kier molecular flexibility index (Phi) is 4.97. The Morgan fingerprint density at radius 3 is 1.85 bits per heavy atom. The third kappa shape index (κ3) is 3.29. The second-order valence-electron chi connectivity index (χ2n) is 5.19. The van der Waals surface area contributed by atoms with Crippen LogP contribution in [-0.4, -0.2) is 98.7 Å². The van der Waals surface area contributed by atoms with E-state index in [2.05, 4.69) is 4.90 Å². The summed E-state index contributed by atoms with van der Waals surface area (Å²) < 4.78 is 28.0. The van der Waals surface area contributed by atoms with Gasteiger partial charge in [0.15, 0.2) is 0 Å². The first kappa shape index (κ1) is 15.6. The summed E-state index contributed by atoms with van der Waals surface area (Å²) in [6.07, 6.45) is 0. The monoisotopic (exact) mass is 305 g/mol. The van der Waals surface area contributed by atoms with Crippen LogP contribution in [0.4, 0.5) is 0 Å². The van der Waals surface area contributed by atoms with E-state index in [0.717, 1.165) is 13.1 Å². The molecule has 116 valence electrons. The van der Waals surface area contributed by atoms with Crippen LogP contribution in [0.1, 0.15) is 0 Å². The van der Waals surface area contributed by atoms with E-state index in [1.54, 1.807) is 4.90 Å². The molecule has 2 aliphatic rings. The third-order valence-electron chi connectivity index (χ3n) is 3.88. The second kappa shape index (κ2) is 6.35. The van der Waals surface area contributed by atoms with Crippen molar-refractivity contribution < 1.29 is 13.2 Å². The van der Waals surface area contributed by atoms with E-state index >= 15 is 0 Å². The summed E-state index contributed by atoms with van der Waals surface area (Å²) in [5.41, 5.74) is 5.32. The molecule has 2 saturated heterocycles. The molecule has 2 heterocycles. The number of carbonyl (C=O) groups is 1. The maximum absolute atomic E-state index is 12.5. The average molecular weight is 305 g/mol. The van der Waals surface area contributed by atoms with Crippen LogP contribution >= 0.6 is 0 Å². The molecule has 20 heavy (non-hydrogen) atoms. The highest BCUT2D eigenvalue weighted by Crippen LogP contribution is 2.14. The number of amides is 1. The number of carbonyl (C=O) groups excluding carboxylic acids is 1. The van der Waals surface area contributed by atoms with Crippen molar-refractivity contribution in [2.75, 3.05) is 66.0 Å². The van der Waals surface area contributed by atoms with Gasteiger partial charge in [-0.3, -0.25) is 4.79 Å². The number of hydrogen-bond acceptors (Lipinski definition) is 5. The largest absolute Gasteiger partial charge is 0.339 e. The van der Waals surface area contributed by atoms with Gasteiger partial charge in [0.25, 0.3) is 10.2 Å². The van der Waals surface area contributed by atoms with Crippen molar-refractivity contribution in [1.82, 2.24) is 18.4 Å². The molecule has 9 heteroatoms. The molecule has 2 N–H and O–H groups in total. The second-order valence-corrected chi connectivity index (χ2v) is 7.12. The first-order valence-corrected chi connectivity index (χ1v) is 8.26. The molecule has 0 atom stereocenters. The lowest BCUT2D eigenvalue weighted by atomic mass is 10.3. The molecular formula is C11H23N5O3S. The molecule has 2 aliphatic heterocycles. The van der Waals surface area contributed by atoms with E-state index in [4.69, 9.17) is 5.73 Å². The smallest absolute Gasteiger partial charge is 0.282 e. The normalized spacial score (nSPS) is 24.0. The van der Waals surface area contributed by atoms with E-state index in [0.29, 0.717) is 39.3 Å². The lowest BCUT2D eigenvalue weighted by Crippen LogP contribution is -2.57. The molecule has 0 unspecified atom stereocenters. The van der Waals surface area contributed by atoms with Crippen LogP contribution in [0.5, 0.6) is 0 Å². The molecule has 0 aromatic heterocycles. The van der Waals surface area contributed by atoms with E-state index in [9.17, 15) is 13.2 Å². The Bertz CT molecular complexity index is 439. The van der Waals surface area contributed by atoms with Gasteiger partial charge in [-0.2, -0.15) is 17.0 Å². The van der Waals surface area contributed by atoms with Crippen LogP contribution in [0, 0.1) is 0 Å². The zero-order valence-electron chi connectivity index (χ0n) is 11.9. The Hall–Kier alpha value is -0.740. The molecule has 0 radical (unpaired) electrons. The van der Waals surface area contributed by atoms with Gasteiger partial charge in [-0.25, -0.2) is 0 Å². The Balaban J connectivity index is 1.93. The van der Waals surface area contributed by atoms with Crippen molar-refractivity contribution in [3.05, 3.63) is 0 Å². The minimum absolute atomic E-state index is 0.0226. The SMILES string of the molecule is CN1CCN(S(=O)(=O)N2CCN(C(=O)CN)CC2)CC1. The van der Waals surface area contributed by atoms with Gasteiger partial charge in [0.1, 0.15) is 0 Å². The summed E-state index contributed by atoms with van der Waals surface area (Å²) in [6.45, 7) is 4.08. The molecule has 0 bridgehead atoms. The summed E-state index contributed by atoms with van der Waals surface area (Å²) in [4.78, 5) is 15.2. The lowest BCUT2D eigenvalue weighted by molar-refractivity contribution is -0.130. The fourth-order valence-electron chi connectivity index (χ4n) is 2.48. The van der Waals surface area contributed by atoms with Gasteiger partial charge in [0.05, 0.1) is 6.54 Å². The van der Waals surface area contributed by atoms with Gasteiger partial charge >= 0.3 is 0 Å². The number of rotatable bonds is 3. The fraction of sp³-hybridized carbons (Fsp3) is 0.909. The van der Waals surface area contributed by atoms with E-state index < -0.39 is 10.2 Å². The molecule has 8 nitrogen and oxygen atoms in total. The van der Waals surface area contributed by atoms with Crippen LogP contribution < -0.4 is 5.73 Å². The van der Waals surface area contributed by atoms with Crippen LogP contribution in [-0.2, 0) is 15.0 Å².